The van der Waals surface area contributed by atoms with Crippen LogP contribution < -0.4 is 5.73 Å². The molecule has 0 spiro atoms. The molecule has 0 heterocycles. The van der Waals surface area contributed by atoms with E-state index in [1.807, 2.05) is 0 Å². The Morgan fingerprint density at radius 2 is 1.50 bits per heavy atom. The third-order valence-electron chi connectivity index (χ3n) is 3.71. The lowest BCUT2D eigenvalue weighted by atomic mass is 9.91. The fourth-order valence-corrected chi connectivity index (χ4v) is 2.31. The minimum Gasteiger partial charge on any atom is -0.398 e. The van der Waals surface area contributed by atoms with Crippen molar-refractivity contribution in [2.75, 3.05) is 5.73 Å². The van der Waals surface area contributed by atoms with E-state index in [9.17, 15) is 0 Å². The Kier molecular flexibility index (Phi) is 5.71. The number of hydrogen-bond donors (Lipinski definition) is 1. The van der Waals surface area contributed by atoms with Gasteiger partial charge in [0.05, 0.1) is 0 Å². The molecule has 0 fully saturated rings. The highest BCUT2D eigenvalue weighted by atomic mass is 14.6. The molecule has 0 bridgehead atoms. The SMILES string of the molecule is Cc1c(CCC(C)C)ccc(N)c1CCC(C)C. The molecule has 0 saturated carbocycles. The lowest BCUT2D eigenvalue weighted by Gasteiger charge is -2.16. The molecule has 18 heavy (non-hydrogen) atoms. The van der Waals surface area contributed by atoms with Gasteiger partial charge in [0.25, 0.3) is 0 Å². The summed E-state index contributed by atoms with van der Waals surface area (Å²) < 4.78 is 0. The number of aryl methyl sites for hydroxylation is 1. The van der Waals surface area contributed by atoms with Crippen molar-refractivity contribution < 1.29 is 0 Å². The van der Waals surface area contributed by atoms with Gasteiger partial charge in [0.2, 0.25) is 0 Å². The van der Waals surface area contributed by atoms with E-state index in [1.54, 1.807) is 0 Å². The first-order chi connectivity index (χ1) is 8.41. The molecule has 0 aliphatic rings. The summed E-state index contributed by atoms with van der Waals surface area (Å²) in [5, 5.41) is 0. The van der Waals surface area contributed by atoms with Gasteiger partial charge < -0.3 is 5.73 Å². The van der Waals surface area contributed by atoms with E-state index in [-0.39, 0.29) is 0 Å². The van der Waals surface area contributed by atoms with Crippen LogP contribution in [0.4, 0.5) is 5.69 Å². The smallest absolute Gasteiger partial charge is 0.0349 e. The zero-order valence-corrected chi connectivity index (χ0v) is 12.7. The second-order valence-corrected chi connectivity index (χ2v) is 6.28. The van der Waals surface area contributed by atoms with Gasteiger partial charge >= 0.3 is 0 Å². The summed E-state index contributed by atoms with van der Waals surface area (Å²) in [6, 6.07) is 4.31. The Hall–Kier alpha value is -0.980. The van der Waals surface area contributed by atoms with Crippen LogP contribution in [0.3, 0.4) is 0 Å². The van der Waals surface area contributed by atoms with Crippen molar-refractivity contribution in [3.8, 4) is 0 Å². The number of benzene rings is 1. The van der Waals surface area contributed by atoms with E-state index < -0.39 is 0 Å². The summed E-state index contributed by atoms with van der Waals surface area (Å²) in [4.78, 5) is 0. The minimum atomic E-state index is 0.739. The highest BCUT2D eigenvalue weighted by molar-refractivity contribution is 5.53. The van der Waals surface area contributed by atoms with Crippen molar-refractivity contribution >= 4 is 5.69 Å². The van der Waals surface area contributed by atoms with Crippen LogP contribution in [-0.4, -0.2) is 0 Å². The highest BCUT2D eigenvalue weighted by Crippen LogP contribution is 2.25. The van der Waals surface area contributed by atoms with Crippen molar-refractivity contribution in [2.24, 2.45) is 11.8 Å². The van der Waals surface area contributed by atoms with Gasteiger partial charge in [-0.05, 0) is 67.2 Å². The van der Waals surface area contributed by atoms with Crippen LogP contribution in [0.1, 0.15) is 57.2 Å². The fourth-order valence-electron chi connectivity index (χ4n) is 2.31. The molecule has 0 atom stereocenters. The second kappa shape index (κ2) is 6.82. The Morgan fingerprint density at radius 3 is 2.06 bits per heavy atom. The van der Waals surface area contributed by atoms with Gasteiger partial charge in [0.15, 0.2) is 0 Å². The molecule has 0 unspecified atom stereocenters. The van der Waals surface area contributed by atoms with Crippen molar-refractivity contribution in [1.82, 2.24) is 0 Å². The first kappa shape index (κ1) is 15.1. The first-order valence-corrected chi connectivity index (χ1v) is 7.28. The van der Waals surface area contributed by atoms with Gasteiger partial charge in [-0.1, -0.05) is 33.8 Å². The van der Waals surface area contributed by atoms with Gasteiger partial charge in [-0.25, -0.2) is 0 Å². The predicted molar refractivity (Wildman–Crippen MR) is 81.9 cm³/mol. The molecular weight excluding hydrogens is 218 g/mol. The lowest BCUT2D eigenvalue weighted by Crippen LogP contribution is -2.04. The van der Waals surface area contributed by atoms with Crippen LogP contribution >= 0.6 is 0 Å². The van der Waals surface area contributed by atoms with Gasteiger partial charge in [0.1, 0.15) is 0 Å². The van der Waals surface area contributed by atoms with Gasteiger partial charge in [-0.2, -0.15) is 0 Å². The summed E-state index contributed by atoms with van der Waals surface area (Å²) in [6.45, 7) is 11.3. The summed E-state index contributed by atoms with van der Waals surface area (Å²) in [5.74, 6) is 1.50. The molecule has 0 radical (unpaired) electrons. The van der Waals surface area contributed by atoms with Crippen LogP contribution in [0.25, 0.3) is 0 Å². The van der Waals surface area contributed by atoms with E-state index in [0.717, 1.165) is 23.9 Å². The Labute approximate surface area is 113 Å². The highest BCUT2D eigenvalue weighted by Gasteiger charge is 2.09. The minimum absolute atomic E-state index is 0.739. The normalized spacial score (nSPS) is 11.5. The third-order valence-corrected chi connectivity index (χ3v) is 3.71. The Morgan fingerprint density at radius 1 is 0.944 bits per heavy atom. The van der Waals surface area contributed by atoms with Crippen molar-refractivity contribution in [1.29, 1.82) is 0 Å². The third kappa shape index (κ3) is 4.36. The van der Waals surface area contributed by atoms with E-state index >= 15 is 0 Å². The van der Waals surface area contributed by atoms with Crippen LogP contribution in [-0.2, 0) is 12.8 Å². The van der Waals surface area contributed by atoms with Gasteiger partial charge in [0, 0.05) is 5.69 Å². The average molecular weight is 247 g/mol. The molecule has 102 valence electrons. The monoisotopic (exact) mass is 247 g/mol. The quantitative estimate of drug-likeness (QED) is 0.721. The maximum Gasteiger partial charge on any atom is 0.0349 e. The number of hydrogen-bond acceptors (Lipinski definition) is 1. The average Bonchev–Trinajstić information content (AvgIpc) is 2.27. The van der Waals surface area contributed by atoms with Crippen molar-refractivity contribution in [3.05, 3.63) is 28.8 Å². The molecule has 1 nitrogen and oxygen atoms in total. The van der Waals surface area contributed by atoms with Crippen molar-refractivity contribution in [3.63, 3.8) is 0 Å². The van der Waals surface area contributed by atoms with Crippen LogP contribution in [0.2, 0.25) is 0 Å². The van der Waals surface area contributed by atoms with E-state index in [4.69, 9.17) is 5.73 Å². The summed E-state index contributed by atoms with van der Waals surface area (Å²) in [5.41, 5.74) is 11.4. The molecule has 0 aliphatic carbocycles. The Bertz CT molecular complexity index is 377. The first-order valence-electron chi connectivity index (χ1n) is 7.28. The zero-order valence-electron chi connectivity index (χ0n) is 12.7. The number of nitrogen functional groups attached to an aromatic ring is 1. The molecule has 2 N–H and O–H groups in total. The van der Waals surface area contributed by atoms with Gasteiger partial charge in [-0.15, -0.1) is 0 Å². The Balaban J connectivity index is 2.85. The largest absolute Gasteiger partial charge is 0.398 e. The maximum atomic E-state index is 6.13. The molecule has 0 saturated heterocycles. The molecule has 0 aliphatic heterocycles. The summed E-state index contributed by atoms with van der Waals surface area (Å²) >= 11 is 0. The van der Waals surface area contributed by atoms with E-state index in [1.165, 1.54) is 36.0 Å². The molecule has 0 amide bonds. The van der Waals surface area contributed by atoms with Crippen LogP contribution in [0.5, 0.6) is 0 Å². The molecule has 1 heteroatoms. The molecule has 1 rings (SSSR count). The number of anilines is 1. The van der Waals surface area contributed by atoms with E-state index in [2.05, 4.69) is 46.8 Å². The van der Waals surface area contributed by atoms with Gasteiger partial charge in [-0.3, -0.25) is 0 Å². The topological polar surface area (TPSA) is 26.0 Å². The van der Waals surface area contributed by atoms with Crippen molar-refractivity contribution in [2.45, 2.75) is 60.3 Å². The molecular formula is C17H29N. The second-order valence-electron chi connectivity index (χ2n) is 6.28. The summed E-state index contributed by atoms with van der Waals surface area (Å²) in [6.07, 6.45) is 4.77. The standard InChI is InChI=1S/C17H29N/c1-12(2)6-8-15-9-11-17(18)16(14(15)5)10-7-13(3)4/h9,11-13H,6-8,10,18H2,1-5H3. The van der Waals surface area contributed by atoms with E-state index in [0.29, 0.717) is 0 Å². The predicted octanol–water partition coefficient (Wildman–Crippen LogP) is 4.75. The molecule has 0 aromatic heterocycles. The van der Waals surface area contributed by atoms with Crippen LogP contribution in [0.15, 0.2) is 12.1 Å². The summed E-state index contributed by atoms with van der Waals surface area (Å²) in [7, 11) is 0. The fraction of sp³-hybridized carbons (Fsp3) is 0.647. The molecule has 1 aromatic carbocycles. The number of rotatable bonds is 6. The maximum absolute atomic E-state index is 6.13. The lowest BCUT2D eigenvalue weighted by molar-refractivity contribution is 0.580. The zero-order chi connectivity index (χ0) is 13.7. The molecule has 1 aromatic rings. The number of nitrogens with two attached hydrogens (primary N) is 1. The van der Waals surface area contributed by atoms with Crippen LogP contribution in [0, 0.1) is 18.8 Å².